The summed E-state index contributed by atoms with van der Waals surface area (Å²) in [6.45, 7) is 2.03. The van der Waals surface area contributed by atoms with E-state index in [9.17, 15) is 9.59 Å². The number of anilines is 1. The van der Waals surface area contributed by atoms with Crippen LogP contribution >= 0.6 is 22.9 Å². The summed E-state index contributed by atoms with van der Waals surface area (Å²) in [5, 5.41) is 8.54. The van der Waals surface area contributed by atoms with Crippen LogP contribution in [0.25, 0.3) is 4.96 Å². The zero-order valence-corrected chi connectivity index (χ0v) is 19.4. The molecule has 0 aliphatic rings. The Morgan fingerprint density at radius 3 is 2.73 bits per heavy atom. The molecule has 0 unspecified atom stereocenters. The zero-order valence-electron chi connectivity index (χ0n) is 17.8. The molecule has 1 amide bonds. The van der Waals surface area contributed by atoms with E-state index in [4.69, 9.17) is 21.1 Å². The second-order valence-corrected chi connectivity index (χ2v) is 8.61. The first-order valence-electron chi connectivity index (χ1n) is 10.3. The fraction of sp³-hybridized carbons (Fsp3) is 0.217. The molecule has 8 nitrogen and oxygen atoms in total. The normalized spacial score (nSPS) is 10.8. The maximum atomic E-state index is 12.3. The molecule has 0 fully saturated rings. The number of ether oxygens (including phenoxy) is 2. The highest BCUT2D eigenvalue weighted by Gasteiger charge is 2.10. The SMILES string of the molecule is CCCc1nn2c(=O)cc(COc3cccc(NC(=O)COc4ccc(Cl)cc4)c3)nc2s1. The average molecular weight is 485 g/mol. The highest BCUT2D eigenvalue weighted by Crippen LogP contribution is 2.20. The summed E-state index contributed by atoms with van der Waals surface area (Å²) in [6.07, 6.45) is 1.76. The van der Waals surface area contributed by atoms with Gasteiger partial charge in [0.1, 0.15) is 23.1 Å². The molecule has 4 aromatic rings. The van der Waals surface area contributed by atoms with Crippen LogP contribution in [0.15, 0.2) is 59.4 Å². The Kier molecular flexibility index (Phi) is 7.21. The molecule has 2 aromatic carbocycles. The summed E-state index contributed by atoms with van der Waals surface area (Å²) in [5.41, 5.74) is 0.837. The molecule has 10 heteroatoms. The van der Waals surface area contributed by atoms with E-state index in [-0.39, 0.29) is 24.7 Å². The molecule has 4 rings (SSSR count). The predicted octanol–water partition coefficient (Wildman–Crippen LogP) is 4.35. The van der Waals surface area contributed by atoms with Crippen molar-refractivity contribution < 1.29 is 14.3 Å². The largest absolute Gasteiger partial charge is 0.487 e. The van der Waals surface area contributed by atoms with Crippen molar-refractivity contribution in [3.8, 4) is 11.5 Å². The number of rotatable bonds is 9. The van der Waals surface area contributed by atoms with Crippen molar-refractivity contribution in [2.75, 3.05) is 11.9 Å². The third kappa shape index (κ3) is 6.09. The third-order valence-corrected chi connectivity index (χ3v) is 5.71. The van der Waals surface area contributed by atoms with Crippen molar-refractivity contribution >= 4 is 39.5 Å². The van der Waals surface area contributed by atoms with Crippen molar-refractivity contribution in [3.63, 3.8) is 0 Å². The maximum absolute atomic E-state index is 12.3. The van der Waals surface area contributed by atoms with Crippen LogP contribution in [0.1, 0.15) is 24.0 Å². The molecule has 0 aliphatic carbocycles. The van der Waals surface area contributed by atoms with Gasteiger partial charge in [0.15, 0.2) is 6.61 Å². The van der Waals surface area contributed by atoms with Gasteiger partial charge in [-0.3, -0.25) is 9.59 Å². The molecule has 0 aliphatic heterocycles. The number of fused-ring (bicyclic) bond motifs is 1. The summed E-state index contributed by atoms with van der Waals surface area (Å²) < 4.78 is 12.6. The van der Waals surface area contributed by atoms with Crippen LogP contribution < -0.4 is 20.3 Å². The highest BCUT2D eigenvalue weighted by molar-refractivity contribution is 7.16. The van der Waals surface area contributed by atoms with Crippen molar-refractivity contribution in [3.05, 3.63) is 80.7 Å². The molecule has 33 heavy (non-hydrogen) atoms. The smallest absolute Gasteiger partial charge is 0.275 e. The van der Waals surface area contributed by atoms with Gasteiger partial charge >= 0.3 is 0 Å². The van der Waals surface area contributed by atoms with E-state index < -0.39 is 0 Å². The Balaban J connectivity index is 1.35. The van der Waals surface area contributed by atoms with E-state index in [1.807, 2.05) is 0 Å². The van der Waals surface area contributed by atoms with Gasteiger partial charge in [-0.05, 0) is 42.8 Å². The van der Waals surface area contributed by atoms with Gasteiger partial charge in [0.05, 0.1) is 5.69 Å². The van der Waals surface area contributed by atoms with E-state index >= 15 is 0 Å². The second kappa shape index (κ2) is 10.5. The quantitative estimate of drug-likeness (QED) is 0.379. The third-order valence-electron chi connectivity index (χ3n) is 4.49. The number of halogens is 1. The van der Waals surface area contributed by atoms with E-state index in [0.29, 0.717) is 32.9 Å². The van der Waals surface area contributed by atoms with E-state index in [1.165, 1.54) is 21.9 Å². The summed E-state index contributed by atoms with van der Waals surface area (Å²) >= 11 is 7.24. The van der Waals surface area contributed by atoms with E-state index in [0.717, 1.165) is 17.8 Å². The molecule has 0 atom stereocenters. The van der Waals surface area contributed by atoms with Crippen molar-refractivity contribution in [1.82, 2.24) is 14.6 Å². The van der Waals surface area contributed by atoms with Crippen LogP contribution in [-0.4, -0.2) is 27.1 Å². The minimum atomic E-state index is -0.310. The topological polar surface area (TPSA) is 94.8 Å². The molecule has 0 bridgehead atoms. The number of carbonyl (C=O) groups excluding carboxylic acids is 1. The van der Waals surface area contributed by atoms with Crippen molar-refractivity contribution in [2.45, 2.75) is 26.4 Å². The van der Waals surface area contributed by atoms with Gasteiger partial charge < -0.3 is 14.8 Å². The lowest BCUT2D eigenvalue weighted by molar-refractivity contribution is -0.118. The summed E-state index contributed by atoms with van der Waals surface area (Å²) in [5.74, 6) is 0.773. The molecule has 170 valence electrons. The number of nitrogens with one attached hydrogen (secondary N) is 1. The van der Waals surface area contributed by atoms with Gasteiger partial charge in [-0.15, -0.1) is 0 Å². The Morgan fingerprint density at radius 1 is 1.12 bits per heavy atom. The molecule has 0 saturated carbocycles. The van der Waals surface area contributed by atoms with Gasteiger partial charge in [0.25, 0.3) is 11.5 Å². The van der Waals surface area contributed by atoms with Gasteiger partial charge in [0.2, 0.25) is 4.96 Å². The maximum Gasteiger partial charge on any atom is 0.275 e. The molecule has 2 heterocycles. The van der Waals surface area contributed by atoms with Crippen LogP contribution in [0.5, 0.6) is 11.5 Å². The lowest BCUT2D eigenvalue weighted by Crippen LogP contribution is -2.20. The van der Waals surface area contributed by atoms with Crippen LogP contribution in [0.3, 0.4) is 0 Å². The van der Waals surface area contributed by atoms with E-state index in [1.54, 1.807) is 48.5 Å². The lowest BCUT2D eigenvalue weighted by Gasteiger charge is -2.10. The van der Waals surface area contributed by atoms with Crippen molar-refractivity contribution in [1.29, 1.82) is 0 Å². The Labute approximate surface area is 198 Å². The number of amides is 1. The first kappa shape index (κ1) is 22.8. The highest BCUT2D eigenvalue weighted by atomic mass is 35.5. The average Bonchev–Trinajstić information content (AvgIpc) is 3.21. The molecular weight excluding hydrogens is 464 g/mol. The van der Waals surface area contributed by atoms with Gasteiger partial charge in [-0.25, -0.2) is 4.98 Å². The number of aromatic nitrogens is 3. The van der Waals surface area contributed by atoms with Crippen LogP contribution in [0.2, 0.25) is 5.02 Å². The molecule has 0 saturated heterocycles. The van der Waals surface area contributed by atoms with Gasteiger partial charge in [-0.2, -0.15) is 9.61 Å². The van der Waals surface area contributed by atoms with Gasteiger partial charge in [-0.1, -0.05) is 35.9 Å². The molecule has 2 aromatic heterocycles. The summed E-state index contributed by atoms with van der Waals surface area (Å²) in [6, 6.07) is 15.1. The number of aryl methyl sites for hydroxylation is 1. The zero-order chi connectivity index (χ0) is 23.2. The van der Waals surface area contributed by atoms with Crippen LogP contribution in [0, 0.1) is 0 Å². The fourth-order valence-corrected chi connectivity index (χ4v) is 4.13. The van der Waals surface area contributed by atoms with Crippen LogP contribution in [-0.2, 0) is 17.8 Å². The summed E-state index contributed by atoms with van der Waals surface area (Å²) in [7, 11) is 0. The Hall–Kier alpha value is -3.43. The summed E-state index contributed by atoms with van der Waals surface area (Å²) in [4.78, 5) is 29.6. The Bertz CT molecular complexity index is 1320. The molecule has 0 spiro atoms. The standard InChI is InChI=1S/C23H21ClN4O4S/c1-2-4-21-27-28-22(30)12-17(26-23(28)33-21)13-31-19-6-3-5-16(11-19)25-20(29)14-32-18-9-7-15(24)8-10-18/h3,5-12H,2,4,13-14H2,1H3,(H,25,29). The first-order valence-corrected chi connectivity index (χ1v) is 11.5. The molecule has 0 radical (unpaired) electrons. The first-order chi connectivity index (χ1) is 16.0. The minimum absolute atomic E-state index is 0.115. The number of carbonyl (C=O) groups is 1. The second-order valence-electron chi connectivity index (χ2n) is 7.13. The molecular formula is C23H21ClN4O4S. The monoisotopic (exact) mass is 484 g/mol. The van der Waals surface area contributed by atoms with Crippen molar-refractivity contribution in [2.24, 2.45) is 0 Å². The number of benzene rings is 2. The van der Waals surface area contributed by atoms with E-state index in [2.05, 4.69) is 22.3 Å². The van der Waals surface area contributed by atoms with Crippen LogP contribution in [0.4, 0.5) is 5.69 Å². The number of hydrogen-bond donors (Lipinski definition) is 1. The fourth-order valence-electron chi connectivity index (χ4n) is 2.98. The Morgan fingerprint density at radius 2 is 1.94 bits per heavy atom. The number of hydrogen-bond acceptors (Lipinski definition) is 7. The molecule has 1 N–H and O–H groups in total. The number of nitrogens with zero attached hydrogens (tertiary/aromatic N) is 3. The van der Waals surface area contributed by atoms with Gasteiger partial charge in [0, 0.05) is 29.3 Å². The predicted molar refractivity (Wildman–Crippen MR) is 127 cm³/mol. The minimum Gasteiger partial charge on any atom is -0.487 e. The lowest BCUT2D eigenvalue weighted by atomic mass is 10.3.